The van der Waals surface area contributed by atoms with Crippen LogP contribution in [0.25, 0.3) is 0 Å². The highest BCUT2D eigenvalue weighted by Crippen LogP contribution is 2.38. The van der Waals surface area contributed by atoms with Gasteiger partial charge in [-0.2, -0.15) is 0 Å². The molecule has 1 aromatic rings. The normalized spacial score (nSPS) is 17.5. The molecule has 1 saturated carbocycles. The molecule has 19 heavy (non-hydrogen) atoms. The minimum absolute atomic E-state index is 0.0629. The van der Waals surface area contributed by atoms with Gasteiger partial charge in [0.1, 0.15) is 5.82 Å². The van der Waals surface area contributed by atoms with Gasteiger partial charge in [0.25, 0.3) is 0 Å². The van der Waals surface area contributed by atoms with Crippen molar-refractivity contribution >= 4 is 21.6 Å². The third kappa shape index (κ3) is 2.70. The summed E-state index contributed by atoms with van der Waals surface area (Å²) in [6.45, 7) is 0.266. The maximum atomic E-state index is 11.8. The molecule has 0 aliphatic heterocycles. The van der Waals surface area contributed by atoms with Crippen LogP contribution in [-0.2, 0) is 9.84 Å². The molecule has 0 unspecified atom stereocenters. The van der Waals surface area contributed by atoms with Crippen LogP contribution in [0.1, 0.15) is 29.8 Å². The highest BCUT2D eigenvalue weighted by Gasteiger charge is 2.46. The molecule has 0 saturated heterocycles. The van der Waals surface area contributed by atoms with Gasteiger partial charge < -0.3 is 10.4 Å². The number of hydrogen-bond acceptors (Lipinski definition) is 5. The largest absolute Gasteiger partial charge is 0.477 e. The fourth-order valence-corrected chi connectivity index (χ4v) is 3.52. The standard InChI is InChI=1S/C12H16N2O4S/c1-19(17,18)12(6-3-7-12)8-13-10-5-2-4-9(14-10)11(15)16/h2,4-5H,3,6-8H2,1H3,(H,13,14)(H,15,16). The fourth-order valence-electron chi connectivity index (χ4n) is 2.15. The predicted molar refractivity (Wildman–Crippen MR) is 71.1 cm³/mol. The third-order valence-corrected chi connectivity index (χ3v) is 5.74. The number of pyridine rings is 1. The number of aromatic nitrogens is 1. The third-order valence-electron chi connectivity index (χ3n) is 3.61. The first-order valence-corrected chi connectivity index (χ1v) is 7.87. The number of nitrogens with one attached hydrogen (secondary N) is 1. The van der Waals surface area contributed by atoms with E-state index in [1.807, 2.05) is 0 Å². The summed E-state index contributed by atoms with van der Waals surface area (Å²) in [5.74, 6) is -0.722. The molecule has 1 heterocycles. The van der Waals surface area contributed by atoms with Crippen LogP contribution in [0, 0.1) is 0 Å². The zero-order valence-corrected chi connectivity index (χ0v) is 11.4. The molecule has 2 N–H and O–H groups in total. The minimum atomic E-state index is -3.13. The van der Waals surface area contributed by atoms with Crippen molar-refractivity contribution in [2.75, 3.05) is 18.1 Å². The van der Waals surface area contributed by atoms with Gasteiger partial charge in [-0.25, -0.2) is 18.2 Å². The Morgan fingerprint density at radius 2 is 2.16 bits per heavy atom. The molecule has 104 valence electrons. The molecule has 0 atom stereocenters. The van der Waals surface area contributed by atoms with Crippen molar-refractivity contribution in [1.29, 1.82) is 0 Å². The van der Waals surface area contributed by atoms with Crippen LogP contribution >= 0.6 is 0 Å². The number of nitrogens with zero attached hydrogens (tertiary/aromatic N) is 1. The molecule has 1 aromatic heterocycles. The number of carboxylic acids is 1. The van der Waals surface area contributed by atoms with Crippen LogP contribution < -0.4 is 5.32 Å². The molecule has 1 aliphatic rings. The lowest BCUT2D eigenvalue weighted by Gasteiger charge is -2.40. The summed E-state index contributed by atoms with van der Waals surface area (Å²) < 4.78 is 22.8. The number of hydrogen-bond donors (Lipinski definition) is 2. The number of sulfone groups is 1. The maximum absolute atomic E-state index is 11.8. The Morgan fingerprint density at radius 3 is 2.63 bits per heavy atom. The van der Waals surface area contributed by atoms with Gasteiger partial charge in [-0.15, -0.1) is 0 Å². The van der Waals surface area contributed by atoms with E-state index in [0.717, 1.165) is 6.42 Å². The molecule has 1 fully saturated rings. The van der Waals surface area contributed by atoms with Gasteiger partial charge in [-0.05, 0) is 25.0 Å². The summed E-state index contributed by atoms with van der Waals surface area (Å²) in [4.78, 5) is 14.7. The first-order valence-electron chi connectivity index (χ1n) is 5.98. The first-order chi connectivity index (χ1) is 8.84. The number of rotatable bonds is 5. The Kier molecular flexibility index (Phi) is 3.49. The van der Waals surface area contributed by atoms with E-state index in [1.165, 1.54) is 12.3 Å². The zero-order valence-electron chi connectivity index (χ0n) is 10.6. The van der Waals surface area contributed by atoms with Crippen molar-refractivity contribution in [3.63, 3.8) is 0 Å². The lowest BCUT2D eigenvalue weighted by Crippen LogP contribution is -2.50. The van der Waals surface area contributed by atoms with E-state index in [9.17, 15) is 13.2 Å². The van der Waals surface area contributed by atoms with Gasteiger partial charge in [-0.1, -0.05) is 12.5 Å². The number of carbonyl (C=O) groups is 1. The summed E-state index contributed by atoms with van der Waals surface area (Å²) in [7, 11) is -3.13. The first kappa shape index (κ1) is 13.8. The molecular formula is C12H16N2O4S. The Balaban J connectivity index is 2.10. The van der Waals surface area contributed by atoms with Gasteiger partial charge in [0, 0.05) is 12.8 Å². The van der Waals surface area contributed by atoms with Gasteiger partial charge in [0.2, 0.25) is 0 Å². The molecular weight excluding hydrogens is 268 g/mol. The molecule has 7 heteroatoms. The molecule has 2 rings (SSSR count). The van der Waals surface area contributed by atoms with Crippen molar-refractivity contribution in [2.45, 2.75) is 24.0 Å². The summed E-state index contributed by atoms with van der Waals surface area (Å²) in [6.07, 6.45) is 3.42. The van der Waals surface area contributed by atoms with Gasteiger partial charge >= 0.3 is 5.97 Å². The highest BCUT2D eigenvalue weighted by molar-refractivity contribution is 7.92. The van der Waals surface area contributed by atoms with E-state index < -0.39 is 20.6 Å². The lowest BCUT2D eigenvalue weighted by atomic mass is 9.84. The Morgan fingerprint density at radius 1 is 1.47 bits per heavy atom. The lowest BCUT2D eigenvalue weighted by molar-refractivity contribution is 0.0690. The Bertz CT molecular complexity index is 594. The Hall–Kier alpha value is -1.63. The van der Waals surface area contributed by atoms with Crippen LogP contribution in [0.15, 0.2) is 18.2 Å². The van der Waals surface area contributed by atoms with Gasteiger partial charge in [0.05, 0.1) is 4.75 Å². The molecule has 0 spiro atoms. The van der Waals surface area contributed by atoms with E-state index in [4.69, 9.17) is 5.11 Å². The van der Waals surface area contributed by atoms with Crippen molar-refractivity contribution in [3.05, 3.63) is 23.9 Å². The summed E-state index contributed by atoms with van der Waals surface area (Å²) in [6, 6.07) is 4.59. The topological polar surface area (TPSA) is 96.4 Å². The van der Waals surface area contributed by atoms with E-state index in [0.29, 0.717) is 18.7 Å². The number of anilines is 1. The average molecular weight is 284 g/mol. The van der Waals surface area contributed by atoms with Crippen LogP contribution in [-0.4, -0.2) is 42.0 Å². The van der Waals surface area contributed by atoms with Crippen LogP contribution in [0.3, 0.4) is 0 Å². The van der Waals surface area contributed by atoms with Crippen molar-refractivity contribution in [1.82, 2.24) is 4.98 Å². The monoisotopic (exact) mass is 284 g/mol. The second-order valence-electron chi connectivity index (χ2n) is 4.88. The molecule has 1 aliphatic carbocycles. The van der Waals surface area contributed by atoms with Gasteiger partial charge in [0.15, 0.2) is 15.5 Å². The second-order valence-corrected chi connectivity index (χ2v) is 7.29. The predicted octanol–water partition coefficient (Wildman–Crippen LogP) is 1.16. The van der Waals surface area contributed by atoms with Crippen LogP contribution in [0.4, 0.5) is 5.82 Å². The van der Waals surface area contributed by atoms with E-state index in [-0.39, 0.29) is 12.2 Å². The average Bonchev–Trinajstić information content (AvgIpc) is 2.26. The van der Waals surface area contributed by atoms with Crippen molar-refractivity contribution in [2.24, 2.45) is 0 Å². The fraction of sp³-hybridized carbons (Fsp3) is 0.500. The molecule has 0 aromatic carbocycles. The van der Waals surface area contributed by atoms with Crippen molar-refractivity contribution in [3.8, 4) is 0 Å². The minimum Gasteiger partial charge on any atom is -0.477 e. The van der Waals surface area contributed by atoms with E-state index >= 15 is 0 Å². The summed E-state index contributed by atoms with van der Waals surface area (Å²) >= 11 is 0. The van der Waals surface area contributed by atoms with Crippen LogP contribution in [0.2, 0.25) is 0 Å². The maximum Gasteiger partial charge on any atom is 0.354 e. The number of carboxylic acid groups (broad SMARTS) is 1. The van der Waals surface area contributed by atoms with E-state index in [2.05, 4.69) is 10.3 Å². The summed E-state index contributed by atoms with van der Waals surface area (Å²) in [5, 5.41) is 11.8. The number of aromatic carboxylic acids is 1. The summed E-state index contributed by atoms with van der Waals surface area (Å²) in [5.41, 5.74) is -0.0629. The smallest absolute Gasteiger partial charge is 0.354 e. The Labute approximate surface area is 111 Å². The molecule has 0 bridgehead atoms. The molecule has 0 amide bonds. The second kappa shape index (κ2) is 4.80. The van der Waals surface area contributed by atoms with Crippen molar-refractivity contribution < 1.29 is 18.3 Å². The molecule has 0 radical (unpaired) electrons. The van der Waals surface area contributed by atoms with E-state index in [1.54, 1.807) is 12.1 Å². The van der Waals surface area contributed by atoms with Gasteiger partial charge in [-0.3, -0.25) is 0 Å². The SMILES string of the molecule is CS(=O)(=O)C1(CNc2cccc(C(=O)O)n2)CCC1. The quantitative estimate of drug-likeness (QED) is 0.842. The van der Waals surface area contributed by atoms with Crippen LogP contribution in [0.5, 0.6) is 0 Å². The zero-order chi connectivity index (χ0) is 14.1. The molecule has 6 nitrogen and oxygen atoms in total. The highest BCUT2D eigenvalue weighted by atomic mass is 32.2.